The van der Waals surface area contributed by atoms with E-state index in [0.717, 1.165) is 11.1 Å². The summed E-state index contributed by atoms with van der Waals surface area (Å²) in [5, 5.41) is 2.69. The van der Waals surface area contributed by atoms with Crippen LogP contribution in [-0.4, -0.2) is 20.4 Å². The molecule has 0 aliphatic carbocycles. The van der Waals surface area contributed by atoms with E-state index in [1.807, 2.05) is 26.8 Å². The highest BCUT2D eigenvalue weighted by Gasteiger charge is 2.20. The largest absolute Gasteiger partial charge is 0.491 e. The van der Waals surface area contributed by atoms with Gasteiger partial charge < -0.3 is 10.1 Å². The van der Waals surface area contributed by atoms with Gasteiger partial charge in [0, 0.05) is 18.7 Å². The minimum absolute atomic E-state index is 0.0141. The van der Waals surface area contributed by atoms with Crippen LogP contribution < -0.4 is 14.8 Å². The lowest BCUT2D eigenvalue weighted by Crippen LogP contribution is -2.27. The third kappa shape index (κ3) is 5.80. The lowest BCUT2D eigenvalue weighted by Gasteiger charge is -2.17. The predicted molar refractivity (Wildman–Crippen MR) is 106 cm³/mol. The number of amides is 1. The molecule has 2 aromatic rings. The molecule has 0 aromatic heterocycles. The van der Waals surface area contributed by atoms with Crippen LogP contribution in [0.5, 0.6) is 5.75 Å². The van der Waals surface area contributed by atoms with Crippen molar-refractivity contribution in [1.82, 2.24) is 4.72 Å². The van der Waals surface area contributed by atoms with Crippen LogP contribution in [0.25, 0.3) is 0 Å². The maximum absolute atomic E-state index is 12.7. The molecule has 2 rings (SSSR count). The third-order valence-electron chi connectivity index (χ3n) is 3.86. The van der Waals surface area contributed by atoms with Crippen LogP contribution in [-0.2, 0) is 14.8 Å². The van der Waals surface area contributed by atoms with Crippen LogP contribution in [0.1, 0.15) is 44.9 Å². The fourth-order valence-electron chi connectivity index (χ4n) is 2.63. The molecule has 1 unspecified atom stereocenters. The van der Waals surface area contributed by atoms with E-state index in [-0.39, 0.29) is 16.9 Å². The van der Waals surface area contributed by atoms with E-state index in [1.165, 1.54) is 13.0 Å². The van der Waals surface area contributed by atoms with Gasteiger partial charge in [0.1, 0.15) is 5.75 Å². The van der Waals surface area contributed by atoms with Gasteiger partial charge >= 0.3 is 0 Å². The Balaban J connectivity index is 2.20. The van der Waals surface area contributed by atoms with Gasteiger partial charge in [-0.05, 0) is 69.2 Å². The van der Waals surface area contributed by atoms with Crippen molar-refractivity contribution in [2.75, 3.05) is 5.32 Å². The summed E-state index contributed by atoms with van der Waals surface area (Å²) in [5.41, 5.74) is 2.13. The minimum atomic E-state index is -3.70. The molecule has 0 bridgehead atoms. The molecule has 0 saturated heterocycles. The first-order valence-corrected chi connectivity index (χ1v) is 10.2. The lowest BCUT2D eigenvalue weighted by atomic mass is 10.1. The molecule has 0 spiro atoms. The number of rotatable bonds is 7. The van der Waals surface area contributed by atoms with E-state index in [4.69, 9.17) is 4.74 Å². The van der Waals surface area contributed by atoms with E-state index in [9.17, 15) is 13.2 Å². The number of hydrogen-bond donors (Lipinski definition) is 2. The third-order valence-corrected chi connectivity index (χ3v) is 5.40. The summed E-state index contributed by atoms with van der Waals surface area (Å²) in [6.45, 7) is 8.84. The zero-order valence-electron chi connectivity index (χ0n) is 16.2. The maximum Gasteiger partial charge on any atom is 0.241 e. The molecule has 0 saturated carbocycles. The first-order valence-electron chi connectivity index (χ1n) is 8.75. The van der Waals surface area contributed by atoms with Crippen LogP contribution in [0.4, 0.5) is 5.69 Å². The van der Waals surface area contributed by atoms with E-state index >= 15 is 0 Å². The Hall–Kier alpha value is -2.38. The van der Waals surface area contributed by atoms with Crippen LogP contribution in [0.3, 0.4) is 0 Å². The zero-order chi connectivity index (χ0) is 20.2. The SMILES string of the molecule is CC(=O)Nc1cccc(C(C)NS(=O)(=O)c2ccc(OC(C)C)c(C)c2)c1. The van der Waals surface area contributed by atoms with E-state index in [1.54, 1.807) is 37.3 Å². The Morgan fingerprint density at radius 1 is 1.07 bits per heavy atom. The minimum Gasteiger partial charge on any atom is -0.491 e. The summed E-state index contributed by atoms with van der Waals surface area (Å²) in [5.74, 6) is 0.486. The Morgan fingerprint density at radius 2 is 1.78 bits per heavy atom. The first-order chi connectivity index (χ1) is 12.6. The molecule has 0 heterocycles. The molecular weight excluding hydrogens is 364 g/mol. The molecule has 0 radical (unpaired) electrons. The highest BCUT2D eigenvalue weighted by Crippen LogP contribution is 2.25. The summed E-state index contributed by atoms with van der Waals surface area (Å²) >= 11 is 0. The summed E-state index contributed by atoms with van der Waals surface area (Å²) in [7, 11) is -3.70. The number of benzene rings is 2. The van der Waals surface area contributed by atoms with Crippen molar-refractivity contribution in [3.05, 3.63) is 53.6 Å². The summed E-state index contributed by atoms with van der Waals surface area (Å²) in [6, 6.07) is 11.4. The van der Waals surface area contributed by atoms with Crippen molar-refractivity contribution >= 4 is 21.6 Å². The number of aryl methyl sites for hydroxylation is 1. The van der Waals surface area contributed by atoms with Crippen LogP contribution in [0, 0.1) is 6.92 Å². The van der Waals surface area contributed by atoms with E-state index in [2.05, 4.69) is 10.0 Å². The number of anilines is 1. The topological polar surface area (TPSA) is 84.5 Å². The summed E-state index contributed by atoms with van der Waals surface area (Å²) in [6.07, 6.45) is 0.0141. The molecule has 0 aliphatic rings. The second-order valence-electron chi connectivity index (χ2n) is 6.74. The molecular formula is C20H26N2O4S. The van der Waals surface area contributed by atoms with Crippen molar-refractivity contribution in [3.8, 4) is 5.75 Å². The number of ether oxygens (including phenoxy) is 1. The number of nitrogens with one attached hydrogen (secondary N) is 2. The molecule has 0 fully saturated rings. The summed E-state index contributed by atoms with van der Waals surface area (Å²) in [4.78, 5) is 11.4. The molecule has 1 atom stereocenters. The first kappa shape index (κ1) is 20.9. The average Bonchev–Trinajstić information content (AvgIpc) is 2.55. The highest BCUT2D eigenvalue weighted by molar-refractivity contribution is 7.89. The Labute approximate surface area is 161 Å². The van der Waals surface area contributed by atoms with E-state index in [0.29, 0.717) is 11.4 Å². The molecule has 7 heteroatoms. The average molecular weight is 391 g/mol. The smallest absolute Gasteiger partial charge is 0.241 e. The van der Waals surface area contributed by atoms with Crippen molar-refractivity contribution < 1.29 is 17.9 Å². The normalized spacial score (nSPS) is 12.7. The number of hydrogen-bond acceptors (Lipinski definition) is 4. The Kier molecular flexibility index (Phi) is 6.62. The molecule has 2 N–H and O–H groups in total. The van der Waals surface area contributed by atoms with Gasteiger partial charge in [-0.2, -0.15) is 0 Å². The number of carbonyl (C=O) groups excluding carboxylic acids is 1. The lowest BCUT2D eigenvalue weighted by molar-refractivity contribution is -0.114. The van der Waals surface area contributed by atoms with E-state index < -0.39 is 16.1 Å². The molecule has 146 valence electrons. The van der Waals surface area contributed by atoms with Gasteiger partial charge in [-0.25, -0.2) is 13.1 Å². The summed E-state index contributed by atoms with van der Waals surface area (Å²) < 4.78 is 33.8. The zero-order valence-corrected chi connectivity index (χ0v) is 17.1. The van der Waals surface area contributed by atoms with Crippen molar-refractivity contribution in [2.45, 2.75) is 51.7 Å². The fraction of sp³-hybridized carbons (Fsp3) is 0.350. The Morgan fingerprint density at radius 3 is 2.37 bits per heavy atom. The van der Waals surface area contributed by atoms with Gasteiger partial charge in [0.15, 0.2) is 0 Å². The van der Waals surface area contributed by atoms with Gasteiger partial charge in [-0.1, -0.05) is 12.1 Å². The molecule has 27 heavy (non-hydrogen) atoms. The van der Waals surface area contributed by atoms with Gasteiger partial charge in [-0.3, -0.25) is 4.79 Å². The van der Waals surface area contributed by atoms with Gasteiger partial charge in [0.25, 0.3) is 0 Å². The van der Waals surface area contributed by atoms with Crippen LogP contribution in [0.2, 0.25) is 0 Å². The van der Waals surface area contributed by atoms with Gasteiger partial charge in [0.05, 0.1) is 11.0 Å². The molecule has 1 amide bonds. The second-order valence-corrected chi connectivity index (χ2v) is 8.46. The molecule has 2 aromatic carbocycles. The quantitative estimate of drug-likeness (QED) is 0.753. The van der Waals surface area contributed by atoms with Crippen LogP contribution in [0.15, 0.2) is 47.4 Å². The van der Waals surface area contributed by atoms with Gasteiger partial charge in [-0.15, -0.1) is 0 Å². The standard InChI is InChI=1S/C20H26N2O4S/c1-13(2)26-20-10-9-19(11-14(20)3)27(24,25)22-15(4)17-7-6-8-18(12-17)21-16(5)23/h6-13,15,22H,1-5H3,(H,21,23). The maximum atomic E-state index is 12.7. The fourth-order valence-corrected chi connectivity index (χ4v) is 3.95. The number of sulfonamides is 1. The van der Waals surface area contributed by atoms with Crippen LogP contribution >= 0.6 is 0 Å². The number of carbonyl (C=O) groups is 1. The molecule has 6 nitrogen and oxygen atoms in total. The van der Waals surface area contributed by atoms with Crippen molar-refractivity contribution in [1.29, 1.82) is 0 Å². The molecule has 0 aliphatic heterocycles. The monoisotopic (exact) mass is 390 g/mol. The van der Waals surface area contributed by atoms with Gasteiger partial charge in [0.2, 0.25) is 15.9 Å². The Bertz CT molecular complexity index is 923. The second kappa shape index (κ2) is 8.54. The highest BCUT2D eigenvalue weighted by atomic mass is 32.2. The van der Waals surface area contributed by atoms with Crippen molar-refractivity contribution in [2.24, 2.45) is 0 Å². The van der Waals surface area contributed by atoms with Crippen molar-refractivity contribution in [3.63, 3.8) is 0 Å². The predicted octanol–water partition coefficient (Wildman–Crippen LogP) is 3.78.